The zero-order chi connectivity index (χ0) is 13.2. The Bertz CT molecular complexity index is 600. The van der Waals surface area contributed by atoms with Crippen molar-refractivity contribution in [3.05, 3.63) is 52.7 Å². The Morgan fingerprint density at radius 1 is 1.32 bits per heavy atom. The van der Waals surface area contributed by atoms with Gasteiger partial charge in [-0.25, -0.2) is 4.98 Å². The number of benzene rings is 1. The number of hydrogen-bond donors (Lipinski definition) is 1. The SMILES string of the molecule is OCc1cc(N2CCCc3ccccc32)ncc1Cl. The van der Waals surface area contributed by atoms with Crippen LogP contribution in [0.4, 0.5) is 11.5 Å². The van der Waals surface area contributed by atoms with Gasteiger partial charge in [-0.15, -0.1) is 0 Å². The molecule has 1 aliphatic heterocycles. The number of para-hydroxylation sites is 1. The summed E-state index contributed by atoms with van der Waals surface area (Å²) in [6.07, 6.45) is 3.82. The number of nitrogens with zero attached hydrogens (tertiary/aromatic N) is 2. The van der Waals surface area contributed by atoms with Gasteiger partial charge in [0.15, 0.2) is 0 Å². The van der Waals surface area contributed by atoms with Crippen LogP contribution in [0.3, 0.4) is 0 Å². The molecule has 0 saturated carbocycles. The number of fused-ring (bicyclic) bond motifs is 1. The molecule has 1 aromatic heterocycles. The Hall–Kier alpha value is -1.58. The molecule has 0 spiro atoms. The van der Waals surface area contributed by atoms with Crippen LogP contribution in [0, 0.1) is 0 Å². The normalized spacial score (nSPS) is 14.3. The zero-order valence-electron chi connectivity index (χ0n) is 10.5. The molecule has 0 unspecified atom stereocenters. The number of pyridine rings is 1. The molecule has 0 fully saturated rings. The standard InChI is InChI=1S/C15H15ClN2O/c16-13-9-17-15(8-12(13)10-19)18-7-3-5-11-4-1-2-6-14(11)18/h1-2,4,6,8-9,19H,3,5,7,10H2. The van der Waals surface area contributed by atoms with Gasteiger partial charge in [-0.1, -0.05) is 29.8 Å². The van der Waals surface area contributed by atoms with E-state index in [-0.39, 0.29) is 6.61 Å². The highest BCUT2D eigenvalue weighted by Crippen LogP contribution is 2.33. The average molecular weight is 275 g/mol. The second-order valence-corrected chi connectivity index (χ2v) is 5.08. The van der Waals surface area contributed by atoms with Gasteiger partial charge in [-0.2, -0.15) is 0 Å². The van der Waals surface area contributed by atoms with Gasteiger partial charge in [0.1, 0.15) is 5.82 Å². The van der Waals surface area contributed by atoms with Crippen LogP contribution in [0.1, 0.15) is 17.5 Å². The maximum atomic E-state index is 9.31. The summed E-state index contributed by atoms with van der Waals surface area (Å²) in [5.41, 5.74) is 3.26. The third kappa shape index (κ3) is 2.31. The Labute approximate surface area is 117 Å². The average Bonchev–Trinajstić information content (AvgIpc) is 2.47. The lowest BCUT2D eigenvalue weighted by molar-refractivity contribution is 0.282. The van der Waals surface area contributed by atoms with Crippen LogP contribution in [0.15, 0.2) is 36.5 Å². The number of hydrogen-bond acceptors (Lipinski definition) is 3. The van der Waals surface area contributed by atoms with Crippen LogP contribution in [0.25, 0.3) is 0 Å². The predicted molar refractivity (Wildman–Crippen MR) is 76.9 cm³/mol. The van der Waals surface area contributed by atoms with Crippen molar-refractivity contribution in [1.29, 1.82) is 0 Å². The third-order valence-corrected chi connectivity index (χ3v) is 3.82. The van der Waals surface area contributed by atoms with E-state index in [1.54, 1.807) is 6.20 Å². The number of aromatic nitrogens is 1. The van der Waals surface area contributed by atoms with Crippen molar-refractivity contribution in [2.24, 2.45) is 0 Å². The van der Waals surface area contributed by atoms with E-state index in [4.69, 9.17) is 11.6 Å². The Morgan fingerprint density at radius 3 is 3.00 bits per heavy atom. The van der Waals surface area contributed by atoms with Crippen molar-refractivity contribution in [3.8, 4) is 0 Å². The first-order chi connectivity index (χ1) is 9.29. The summed E-state index contributed by atoms with van der Waals surface area (Å²) < 4.78 is 0. The lowest BCUT2D eigenvalue weighted by Gasteiger charge is -2.30. The summed E-state index contributed by atoms with van der Waals surface area (Å²) in [5.74, 6) is 0.848. The molecule has 1 N–H and O–H groups in total. The van der Waals surface area contributed by atoms with Crippen LogP contribution in [0.2, 0.25) is 5.02 Å². The van der Waals surface area contributed by atoms with E-state index >= 15 is 0 Å². The van der Waals surface area contributed by atoms with Crippen molar-refractivity contribution in [2.45, 2.75) is 19.4 Å². The molecule has 0 bridgehead atoms. The molecule has 98 valence electrons. The molecule has 0 aliphatic carbocycles. The number of rotatable bonds is 2. The molecule has 2 aromatic rings. The van der Waals surface area contributed by atoms with Gasteiger partial charge in [-0.3, -0.25) is 0 Å². The fraction of sp³-hybridized carbons (Fsp3) is 0.267. The number of halogens is 1. The highest BCUT2D eigenvalue weighted by molar-refractivity contribution is 6.31. The Balaban J connectivity index is 2.04. The molecule has 3 nitrogen and oxygen atoms in total. The molecular formula is C15H15ClN2O. The van der Waals surface area contributed by atoms with E-state index in [9.17, 15) is 5.11 Å². The molecule has 3 rings (SSSR count). The lowest BCUT2D eigenvalue weighted by Crippen LogP contribution is -2.25. The predicted octanol–water partition coefficient (Wildman–Crippen LogP) is 3.31. The summed E-state index contributed by atoms with van der Waals surface area (Å²) >= 11 is 5.99. The van der Waals surface area contributed by atoms with Crippen molar-refractivity contribution in [3.63, 3.8) is 0 Å². The number of aliphatic hydroxyl groups excluding tert-OH is 1. The van der Waals surface area contributed by atoms with Crippen molar-refractivity contribution in [1.82, 2.24) is 4.98 Å². The minimum atomic E-state index is -0.0656. The molecule has 1 aromatic carbocycles. The summed E-state index contributed by atoms with van der Waals surface area (Å²) in [5, 5.41) is 9.82. The Morgan fingerprint density at radius 2 is 2.16 bits per heavy atom. The first-order valence-corrected chi connectivity index (χ1v) is 6.78. The smallest absolute Gasteiger partial charge is 0.133 e. The van der Waals surface area contributed by atoms with E-state index in [1.807, 2.05) is 12.1 Å². The minimum absolute atomic E-state index is 0.0656. The van der Waals surface area contributed by atoms with Crippen LogP contribution in [-0.4, -0.2) is 16.6 Å². The maximum Gasteiger partial charge on any atom is 0.133 e. The molecule has 2 heterocycles. The van der Waals surface area contributed by atoms with Crippen LogP contribution in [-0.2, 0) is 13.0 Å². The van der Waals surface area contributed by atoms with E-state index < -0.39 is 0 Å². The second kappa shape index (κ2) is 5.19. The number of anilines is 2. The summed E-state index contributed by atoms with van der Waals surface area (Å²) in [6.45, 7) is 0.875. The van der Waals surface area contributed by atoms with E-state index in [0.29, 0.717) is 5.02 Å². The molecule has 0 radical (unpaired) electrons. The fourth-order valence-electron chi connectivity index (χ4n) is 2.51. The second-order valence-electron chi connectivity index (χ2n) is 4.68. The number of aliphatic hydroxyl groups is 1. The van der Waals surface area contributed by atoms with E-state index in [0.717, 1.165) is 30.8 Å². The van der Waals surface area contributed by atoms with Crippen molar-refractivity contribution < 1.29 is 5.11 Å². The highest BCUT2D eigenvalue weighted by Gasteiger charge is 2.19. The molecule has 4 heteroatoms. The lowest BCUT2D eigenvalue weighted by atomic mass is 10.0. The molecular weight excluding hydrogens is 260 g/mol. The van der Waals surface area contributed by atoms with Crippen molar-refractivity contribution >= 4 is 23.1 Å². The molecule has 0 atom stereocenters. The summed E-state index contributed by atoms with van der Waals surface area (Å²) in [4.78, 5) is 6.58. The summed E-state index contributed by atoms with van der Waals surface area (Å²) in [7, 11) is 0. The van der Waals surface area contributed by atoms with Gasteiger partial charge in [-0.05, 0) is 30.5 Å². The van der Waals surface area contributed by atoms with Gasteiger partial charge in [0.05, 0.1) is 11.6 Å². The summed E-state index contributed by atoms with van der Waals surface area (Å²) in [6, 6.07) is 10.2. The minimum Gasteiger partial charge on any atom is -0.392 e. The molecule has 19 heavy (non-hydrogen) atoms. The third-order valence-electron chi connectivity index (χ3n) is 3.48. The van der Waals surface area contributed by atoms with Crippen LogP contribution < -0.4 is 4.90 Å². The number of aryl methyl sites for hydroxylation is 1. The van der Waals surface area contributed by atoms with E-state index in [1.165, 1.54) is 11.3 Å². The van der Waals surface area contributed by atoms with Crippen LogP contribution in [0.5, 0.6) is 0 Å². The molecule has 0 amide bonds. The quantitative estimate of drug-likeness (QED) is 0.913. The molecule has 1 aliphatic rings. The first-order valence-electron chi connectivity index (χ1n) is 6.40. The maximum absolute atomic E-state index is 9.31. The fourth-order valence-corrected chi connectivity index (χ4v) is 2.67. The van der Waals surface area contributed by atoms with Gasteiger partial charge < -0.3 is 10.0 Å². The largest absolute Gasteiger partial charge is 0.392 e. The first kappa shape index (κ1) is 12.5. The van der Waals surface area contributed by atoms with E-state index in [2.05, 4.69) is 28.1 Å². The van der Waals surface area contributed by atoms with Crippen molar-refractivity contribution in [2.75, 3.05) is 11.4 Å². The Kier molecular flexibility index (Phi) is 3.40. The monoisotopic (exact) mass is 274 g/mol. The van der Waals surface area contributed by atoms with Gasteiger partial charge in [0.25, 0.3) is 0 Å². The highest BCUT2D eigenvalue weighted by atomic mass is 35.5. The topological polar surface area (TPSA) is 36.4 Å². The molecule has 0 saturated heterocycles. The zero-order valence-corrected chi connectivity index (χ0v) is 11.3. The van der Waals surface area contributed by atoms with Gasteiger partial charge in [0.2, 0.25) is 0 Å². The van der Waals surface area contributed by atoms with Gasteiger partial charge in [0, 0.05) is 24.0 Å². The van der Waals surface area contributed by atoms with Gasteiger partial charge >= 0.3 is 0 Å². The van der Waals surface area contributed by atoms with Crippen LogP contribution >= 0.6 is 11.6 Å².